The molecule has 1 saturated heterocycles. The number of rotatable bonds is 14. The number of hydrogen-bond donors (Lipinski definition) is 2. The van der Waals surface area contributed by atoms with Gasteiger partial charge in [0.1, 0.15) is 10.9 Å². The maximum absolute atomic E-state index is 13.7. The zero-order valence-corrected chi connectivity index (χ0v) is 24.8. The third-order valence-corrected chi connectivity index (χ3v) is 8.69. The number of carbonyl (C=O) groups excluding carboxylic acids is 3. The second-order valence-corrected chi connectivity index (χ2v) is 11.9. The molecule has 10 heteroatoms. The first-order valence-electron chi connectivity index (χ1n) is 14.0. The predicted octanol–water partition coefficient (Wildman–Crippen LogP) is 6.15. The first kappa shape index (κ1) is 30.5. The number of benzene rings is 2. The number of anilines is 2. The molecule has 2 aliphatic rings. The molecular weight excluding hydrogens is 558 g/mol. The first-order chi connectivity index (χ1) is 19.8. The normalized spacial score (nSPS) is 16.5. The summed E-state index contributed by atoms with van der Waals surface area (Å²) in [7, 11) is 0. The lowest BCUT2D eigenvalue weighted by Crippen LogP contribution is -2.35. The van der Waals surface area contributed by atoms with E-state index in [9.17, 15) is 19.2 Å². The van der Waals surface area contributed by atoms with Gasteiger partial charge in [-0.2, -0.15) is 0 Å². The number of aliphatic carboxylic acids is 1. The van der Waals surface area contributed by atoms with Crippen LogP contribution in [0.5, 0.6) is 0 Å². The van der Waals surface area contributed by atoms with Gasteiger partial charge in [-0.05, 0) is 37.5 Å². The molecule has 2 aromatic rings. The highest BCUT2D eigenvalue weighted by atomic mass is 32.2. The number of carboxylic acids is 1. The van der Waals surface area contributed by atoms with Crippen molar-refractivity contribution in [2.45, 2.75) is 64.7 Å². The van der Waals surface area contributed by atoms with Crippen LogP contribution in [0, 0.1) is 6.92 Å². The summed E-state index contributed by atoms with van der Waals surface area (Å²) in [6.07, 6.45) is 7.91. The van der Waals surface area contributed by atoms with Crippen LogP contribution < -0.4 is 10.2 Å². The number of thiocarbonyl (C=S) groups is 1. The summed E-state index contributed by atoms with van der Waals surface area (Å²) >= 11 is 6.68. The van der Waals surface area contributed by atoms with Crippen LogP contribution in [0.4, 0.5) is 11.4 Å². The number of para-hydroxylation sites is 2. The largest absolute Gasteiger partial charge is 0.481 e. The van der Waals surface area contributed by atoms with E-state index in [0.717, 1.165) is 68.7 Å². The average molecular weight is 594 g/mol. The van der Waals surface area contributed by atoms with Gasteiger partial charge in [0, 0.05) is 24.2 Å². The Morgan fingerprint density at radius 1 is 0.854 bits per heavy atom. The maximum Gasteiger partial charge on any atom is 0.303 e. The Morgan fingerprint density at radius 3 is 2.20 bits per heavy atom. The molecule has 0 saturated carbocycles. The predicted molar refractivity (Wildman–Crippen MR) is 167 cm³/mol. The summed E-state index contributed by atoms with van der Waals surface area (Å²) < 4.78 is 0.442. The van der Waals surface area contributed by atoms with E-state index in [0.29, 0.717) is 38.3 Å². The first-order valence-corrected chi connectivity index (χ1v) is 15.3. The molecule has 0 aliphatic carbocycles. The number of fused-ring (bicyclic) bond motifs is 1. The van der Waals surface area contributed by atoms with Crippen molar-refractivity contribution in [3.05, 3.63) is 64.6 Å². The molecule has 3 amide bonds. The van der Waals surface area contributed by atoms with Gasteiger partial charge in [-0.15, -0.1) is 0 Å². The van der Waals surface area contributed by atoms with Crippen molar-refractivity contribution in [2.75, 3.05) is 23.3 Å². The fourth-order valence-electron chi connectivity index (χ4n) is 5.05. The molecule has 2 aromatic carbocycles. The van der Waals surface area contributed by atoms with Crippen LogP contribution in [-0.4, -0.2) is 51.1 Å². The molecule has 0 aromatic heterocycles. The lowest BCUT2D eigenvalue weighted by atomic mass is 10.1. The number of hydrogen-bond acceptors (Lipinski definition) is 6. The Morgan fingerprint density at radius 2 is 1.49 bits per heavy atom. The summed E-state index contributed by atoms with van der Waals surface area (Å²) in [5.74, 6) is -1.70. The molecule has 4 rings (SSSR count). The van der Waals surface area contributed by atoms with Crippen LogP contribution in [0.25, 0.3) is 5.57 Å². The summed E-state index contributed by atoms with van der Waals surface area (Å²) in [5.41, 5.74) is 3.14. The van der Waals surface area contributed by atoms with Gasteiger partial charge in [0.2, 0.25) is 5.91 Å². The number of carbonyl (C=O) groups is 4. The number of nitrogens with zero attached hydrogens (tertiary/aromatic N) is 2. The molecule has 0 radical (unpaired) electrons. The smallest absolute Gasteiger partial charge is 0.303 e. The van der Waals surface area contributed by atoms with Gasteiger partial charge in [-0.3, -0.25) is 29.0 Å². The molecule has 0 unspecified atom stereocenters. The van der Waals surface area contributed by atoms with Gasteiger partial charge in [0.15, 0.2) is 0 Å². The topological polar surface area (TPSA) is 107 Å². The second kappa shape index (κ2) is 14.4. The summed E-state index contributed by atoms with van der Waals surface area (Å²) in [6.45, 7) is 2.23. The van der Waals surface area contributed by atoms with E-state index in [-0.39, 0.29) is 30.7 Å². The van der Waals surface area contributed by atoms with Crippen molar-refractivity contribution < 1.29 is 24.3 Å². The van der Waals surface area contributed by atoms with Crippen LogP contribution >= 0.6 is 24.0 Å². The van der Waals surface area contributed by atoms with E-state index >= 15 is 0 Å². The highest BCUT2D eigenvalue weighted by Crippen LogP contribution is 2.44. The fraction of sp³-hybridized carbons (Fsp3) is 0.387. The minimum Gasteiger partial charge on any atom is -0.481 e. The fourth-order valence-corrected chi connectivity index (χ4v) is 6.43. The highest BCUT2D eigenvalue weighted by molar-refractivity contribution is 8.26. The van der Waals surface area contributed by atoms with Crippen molar-refractivity contribution in [1.29, 1.82) is 0 Å². The highest BCUT2D eigenvalue weighted by Gasteiger charge is 2.42. The van der Waals surface area contributed by atoms with Crippen LogP contribution in [-0.2, 0) is 19.2 Å². The van der Waals surface area contributed by atoms with Crippen LogP contribution in [0.15, 0.2) is 53.4 Å². The molecule has 216 valence electrons. The molecule has 2 aliphatic heterocycles. The van der Waals surface area contributed by atoms with Crippen molar-refractivity contribution in [1.82, 2.24) is 4.90 Å². The Hall–Kier alpha value is -3.50. The SMILES string of the molecule is Cc1ccccc1NC(=O)CN1C(=O)C(=C2SC(=S)N(CCCCCCCCCCC(=O)O)C2=O)c2ccccc21. The molecule has 1 fully saturated rings. The molecule has 0 spiro atoms. The van der Waals surface area contributed by atoms with Gasteiger partial charge in [-0.1, -0.05) is 98.9 Å². The van der Waals surface area contributed by atoms with Gasteiger partial charge in [-0.25, -0.2) is 0 Å². The van der Waals surface area contributed by atoms with E-state index < -0.39 is 5.97 Å². The Labute approximate surface area is 250 Å². The molecule has 0 atom stereocenters. The van der Waals surface area contributed by atoms with Gasteiger partial charge >= 0.3 is 5.97 Å². The lowest BCUT2D eigenvalue weighted by Gasteiger charge is -2.17. The molecule has 0 bridgehead atoms. The zero-order valence-electron chi connectivity index (χ0n) is 23.2. The van der Waals surface area contributed by atoms with Crippen molar-refractivity contribution >= 4 is 68.9 Å². The minimum absolute atomic E-state index is 0.173. The number of carboxylic acid groups (broad SMARTS) is 1. The average Bonchev–Trinajstić information content (AvgIpc) is 3.37. The summed E-state index contributed by atoms with van der Waals surface area (Å²) in [4.78, 5) is 53.9. The number of nitrogens with one attached hydrogen (secondary N) is 1. The standard InChI is InChI=1S/C31H35N3O5S2/c1-21-14-9-11-16-23(21)32-25(35)20-34-24-17-12-10-15-22(24)27(29(34)38)28-30(39)33(31(40)41-28)19-13-7-5-3-2-4-6-8-18-26(36)37/h9-12,14-17H,2-8,13,18-20H2,1H3,(H,32,35)(H,36,37). The maximum atomic E-state index is 13.7. The van der Waals surface area contributed by atoms with E-state index in [1.165, 1.54) is 4.90 Å². The van der Waals surface area contributed by atoms with E-state index in [4.69, 9.17) is 17.3 Å². The Balaban J connectivity index is 1.35. The number of thioether (sulfide) groups is 1. The number of unbranched alkanes of at least 4 members (excludes halogenated alkanes) is 7. The summed E-state index contributed by atoms with van der Waals surface area (Å²) in [5, 5.41) is 11.6. The zero-order chi connectivity index (χ0) is 29.4. The van der Waals surface area contributed by atoms with Crippen molar-refractivity contribution in [3.63, 3.8) is 0 Å². The van der Waals surface area contributed by atoms with Crippen LogP contribution in [0.1, 0.15) is 68.9 Å². The number of aryl methyl sites for hydroxylation is 1. The lowest BCUT2D eigenvalue weighted by molar-refractivity contribution is -0.137. The van der Waals surface area contributed by atoms with Gasteiger partial charge < -0.3 is 10.4 Å². The van der Waals surface area contributed by atoms with Crippen molar-refractivity contribution in [3.8, 4) is 0 Å². The van der Waals surface area contributed by atoms with Gasteiger partial charge in [0.25, 0.3) is 11.8 Å². The molecular formula is C31H35N3O5S2. The summed E-state index contributed by atoms with van der Waals surface area (Å²) in [6, 6.07) is 14.7. The number of amides is 3. The van der Waals surface area contributed by atoms with Gasteiger partial charge in [0.05, 0.1) is 16.2 Å². The second-order valence-electron chi connectivity index (χ2n) is 10.3. The van der Waals surface area contributed by atoms with Crippen LogP contribution in [0.2, 0.25) is 0 Å². The third-order valence-electron chi connectivity index (χ3n) is 7.24. The minimum atomic E-state index is -0.739. The van der Waals surface area contributed by atoms with E-state index in [1.54, 1.807) is 17.0 Å². The molecule has 8 nitrogen and oxygen atoms in total. The Kier molecular flexibility index (Phi) is 10.7. The monoisotopic (exact) mass is 593 g/mol. The third kappa shape index (κ3) is 7.62. The van der Waals surface area contributed by atoms with Crippen molar-refractivity contribution in [2.24, 2.45) is 0 Å². The quantitative estimate of drug-likeness (QED) is 0.154. The Bertz CT molecular complexity index is 1370. The van der Waals surface area contributed by atoms with E-state index in [2.05, 4.69) is 5.32 Å². The van der Waals surface area contributed by atoms with Crippen LogP contribution in [0.3, 0.4) is 0 Å². The van der Waals surface area contributed by atoms with E-state index in [1.807, 2.05) is 43.3 Å². The molecule has 2 heterocycles. The molecule has 41 heavy (non-hydrogen) atoms. The molecule has 2 N–H and O–H groups in total.